The second-order valence-corrected chi connectivity index (χ2v) is 6.20. The normalized spacial score (nSPS) is 11.0. The number of nitrogens with zero attached hydrogens (tertiary/aromatic N) is 5. The van der Waals surface area contributed by atoms with Crippen LogP contribution in [0, 0.1) is 6.92 Å². The number of ether oxygens (including phenoxy) is 1. The van der Waals surface area contributed by atoms with Crippen molar-refractivity contribution >= 4 is 33.8 Å². The molecule has 0 radical (unpaired) electrons. The Balaban J connectivity index is 1.78. The molecule has 0 fully saturated rings. The molecule has 22 heavy (non-hydrogen) atoms. The third-order valence-corrected chi connectivity index (χ3v) is 4.45. The van der Waals surface area contributed by atoms with E-state index in [0.717, 1.165) is 11.5 Å². The Morgan fingerprint density at radius 2 is 2.27 bits per heavy atom. The van der Waals surface area contributed by atoms with Crippen molar-refractivity contribution in [3.8, 4) is 0 Å². The molecule has 0 atom stereocenters. The number of fused-ring (bicyclic) bond motifs is 1. The third kappa shape index (κ3) is 2.74. The molecule has 3 heterocycles. The van der Waals surface area contributed by atoms with Crippen LogP contribution in [-0.2, 0) is 17.8 Å². The summed E-state index contributed by atoms with van der Waals surface area (Å²) in [5.74, 6) is -0.484. The average Bonchev–Trinajstić information content (AvgIpc) is 3.10. The van der Waals surface area contributed by atoms with Gasteiger partial charge in [0.25, 0.3) is 5.56 Å². The highest BCUT2D eigenvalue weighted by atomic mass is 32.1. The first-order valence-electron chi connectivity index (χ1n) is 6.43. The molecule has 8 nitrogen and oxygen atoms in total. The lowest BCUT2D eigenvalue weighted by atomic mass is 10.3. The van der Waals surface area contributed by atoms with E-state index in [1.165, 1.54) is 21.9 Å². The smallest absolute Gasteiger partial charge is 0.352 e. The Kier molecular flexibility index (Phi) is 3.94. The van der Waals surface area contributed by atoms with Crippen molar-refractivity contribution < 1.29 is 9.53 Å². The maximum atomic E-state index is 12.0. The van der Waals surface area contributed by atoms with Crippen LogP contribution in [0.15, 0.2) is 10.9 Å². The van der Waals surface area contributed by atoms with Crippen molar-refractivity contribution in [2.75, 3.05) is 0 Å². The molecule has 3 aromatic heterocycles. The van der Waals surface area contributed by atoms with E-state index in [1.807, 2.05) is 6.92 Å². The van der Waals surface area contributed by atoms with Crippen LogP contribution in [0.3, 0.4) is 0 Å². The molecule has 0 unspecified atom stereocenters. The van der Waals surface area contributed by atoms with Gasteiger partial charge in [0.1, 0.15) is 6.61 Å². The topological polar surface area (TPSA) is 99.3 Å². The Bertz CT molecular complexity index is 898. The van der Waals surface area contributed by atoms with Crippen molar-refractivity contribution in [2.24, 2.45) is 0 Å². The number of aryl methyl sites for hydroxylation is 2. The van der Waals surface area contributed by atoms with Crippen LogP contribution in [0.1, 0.15) is 33.0 Å². The van der Waals surface area contributed by atoms with Crippen molar-refractivity contribution in [3.63, 3.8) is 0 Å². The highest BCUT2D eigenvalue weighted by Crippen LogP contribution is 2.16. The van der Waals surface area contributed by atoms with Crippen molar-refractivity contribution in [3.05, 3.63) is 37.7 Å². The lowest BCUT2D eigenvalue weighted by Gasteiger charge is -2.00. The van der Waals surface area contributed by atoms with Crippen LogP contribution in [0.4, 0.5) is 0 Å². The van der Waals surface area contributed by atoms with E-state index in [0.29, 0.717) is 32.7 Å². The van der Waals surface area contributed by atoms with E-state index >= 15 is 0 Å². The molecule has 0 saturated carbocycles. The molecule has 0 aliphatic heterocycles. The minimum absolute atomic E-state index is 0.0214. The summed E-state index contributed by atoms with van der Waals surface area (Å²) in [5, 5.41) is 8.47. The van der Waals surface area contributed by atoms with E-state index in [9.17, 15) is 9.59 Å². The summed E-state index contributed by atoms with van der Waals surface area (Å²) in [5.41, 5.74) is 0.990. The van der Waals surface area contributed by atoms with Gasteiger partial charge in [-0.3, -0.25) is 4.79 Å². The highest BCUT2D eigenvalue weighted by Gasteiger charge is 2.17. The maximum absolute atomic E-state index is 12.0. The van der Waals surface area contributed by atoms with E-state index in [2.05, 4.69) is 19.7 Å². The zero-order chi connectivity index (χ0) is 15.7. The molecule has 0 amide bonds. The number of carbonyl (C=O) groups excluding carboxylic acids is 1. The lowest BCUT2D eigenvalue weighted by Crippen LogP contribution is -2.14. The van der Waals surface area contributed by atoms with E-state index in [1.54, 1.807) is 6.92 Å². The predicted molar refractivity (Wildman–Crippen MR) is 80.3 cm³/mol. The molecule has 0 N–H and O–H groups in total. The molecular formula is C12H11N5O3S2. The van der Waals surface area contributed by atoms with Crippen LogP contribution in [-0.4, -0.2) is 30.2 Å². The SMILES string of the molecule is CCc1nnsc1C(=O)OCc1nn2c(=O)cc(C)nc2s1. The third-order valence-electron chi connectivity index (χ3n) is 2.82. The van der Waals surface area contributed by atoms with E-state index < -0.39 is 5.97 Å². The molecule has 0 spiro atoms. The van der Waals surface area contributed by atoms with Gasteiger partial charge in [-0.2, -0.15) is 9.61 Å². The number of esters is 1. The fourth-order valence-corrected chi connectivity index (χ4v) is 3.31. The lowest BCUT2D eigenvalue weighted by molar-refractivity contribution is 0.0475. The van der Waals surface area contributed by atoms with Gasteiger partial charge in [-0.25, -0.2) is 9.78 Å². The van der Waals surface area contributed by atoms with E-state index in [4.69, 9.17) is 4.74 Å². The van der Waals surface area contributed by atoms with Gasteiger partial charge in [-0.05, 0) is 24.9 Å². The first-order valence-corrected chi connectivity index (χ1v) is 8.02. The minimum atomic E-state index is -0.484. The van der Waals surface area contributed by atoms with Crippen molar-refractivity contribution in [2.45, 2.75) is 26.9 Å². The molecule has 10 heteroatoms. The van der Waals surface area contributed by atoms with Crippen LogP contribution < -0.4 is 5.56 Å². The summed E-state index contributed by atoms with van der Waals surface area (Å²) >= 11 is 2.22. The summed E-state index contributed by atoms with van der Waals surface area (Å²) in [7, 11) is 0. The largest absolute Gasteiger partial charge is 0.454 e. The summed E-state index contributed by atoms with van der Waals surface area (Å²) in [6.07, 6.45) is 0.612. The fourth-order valence-electron chi connectivity index (χ4n) is 1.81. The summed E-state index contributed by atoms with van der Waals surface area (Å²) in [6.45, 7) is 3.61. The van der Waals surface area contributed by atoms with Gasteiger partial charge in [-0.15, -0.1) is 5.10 Å². The number of hydrogen-bond donors (Lipinski definition) is 0. The Morgan fingerprint density at radius 1 is 1.45 bits per heavy atom. The molecule has 0 aliphatic carbocycles. The second kappa shape index (κ2) is 5.89. The molecule has 3 aromatic rings. The summed E-state index contributed by atoms with van der Waals surface area (Å²) < 4.78 is 10.2. The van der Waals surface area contributed by atoms with Crippen LogP contribution >= 0.6 is 22.9 Å². The fraction of sp³-hybridized carbons (Fsp3) is 0.333. The number of aromatic nitrogens is 5. The minimum Gasteiger partial charge on any atom is -0.454 e. The number of carbonyl (C=O) groups is 1. The first kappa shape index (κ1) is 14.7. The molecular weight excluding hydrogens is 326 g/mol. The van der Waals surface area contributed by atoms with Gasteiger partial charge >= 0.3 is 5.97 Å². The maximum Gasteiger partial charge on any atom is 0.352 e. The van der Waals surface area contributed by atoms with Gasteiger partial charge in [0.15, 0.2) is 9.88 Å². The van der Waals surface area contributed by atoms with Crippen LogP contribution in [0.25, 0.3) is 4.96 Å². The van der Waals surface area contributed by atoms with Gasteiger partial charge in [-0.1, -0.05) is 22.7 Å². The average molecular weight is 337 g/mol. The molecule has 0 saturated heterocycles. The number of hydrogen-bond acceptors (Lipinski definition) is 9. The summed E-state index contributed by atoms with van der Waals surface area (Å²) in [4.78, 5) is 28.9. The van der Waals surface area contributed by atoms with E-state index in [-0.39, 0.29) is 12.2 Å². The second-order valence-electron chi connectivity index (χ2n) is 4.40. The summed E-state index contributed by atoms with van der Waals surface area (Å²) in [6, 6.07) is 1.40. The molecule has 3 rings (SSSR count). The first-order chi connectivity index (χ1) is 10.6. The van der Waals surface area contributed by atoms with Gasteiger partial charge < -0.3 is 4.74 Å². The monoisotopic (exact) mass is 337 g/mol. The Hall–Kier alpha value is -2.20. The number of rotatable bonds is 4. The van der Waals surface area contributed by atoms with Gasteiger partial charge in [0.2, 0.25) is 4.96 Å². The zero-order valence-corrected chi connectivity index (χ0v) is 13.4. The Labute approximate surface area is 132 Å². The molecule has 0 bridgehead atoms. The highest BCUT2D eigenvalue weighted by molar-refractivity contribution is 7.16. The van der Waals surface area contributed by atoms with Crippen molar-refractivity contribution in [1.82, 2.24) is 24.2 Å². The zero-order valence-electron chi connectivity index (χ0n) is 11.8. The quantitative estimate of drug-likeness (QED) is 0.660. The Morgan fingerprint density at radius 3 is 3.05 bits per heavy atom. The standard InChI is InChI=1S/C12H11N5O3S2/c1-3-7-10(22-16-14-7)11(19)20-5-8-15-17-9(18)4-6(2)13-12(17)21-8/h4H,3,5H2,1-2H3. The van der Waals surface area contributed by atoms with Gasteiger partial charge in [0.05, 0.1) is 5.69 Å². The van der Waals surface area contributed by atoms with Gasteiger partial charge in [0, 0.05) is 11.8 Å². The van der Waals surface area contributed by atoms with Crippen molar-refractivity contribution in [1.29, 1.82) is 0 Å². The van der Waals surface area contributed by atoms with Crippen LogP contribution in [0.2, 0.25) is 0 Å². The van der Waals surface area contributed by atoms with Crippen LogP contribution in [0.5, 0.6) is 0 Å². The molecule has 0 aliphatic rings. The molecule has 0 aromatic carbocycles. The molecule has 114 valence electrons. The predicted octanol–water partition coefficient (Wildman–Crippen LogP) is 1.23.